The van der Waals surface area contributed by atoms with Crippen LogP contribution in [0.25, 0.3) is 0 Å². The summed E-state index contributed by atoms with van der Waals surface area (Å²) in [4.78, 5) is 22.5. The minimum absolute atomic E-state index is 0.0792. The number of nitrogens with zero attached hydrogens (tertiary/aromatic N) is 1. The molecule has 1 unspecified atom stereocenters. The molecule has 2 rings (SSSR count). The van der Waals surface area contributed by atoms with Crippen molar-refractivity contribution < 1.29 is 14.8 Å². The van der Waals surface area contributed by atoms with Crippen LogP contribution in [0.2, 0.25) is 0 Å². The van der Waals surface area contributed by atoms with Crippen molar-refractivity contribution in [1.82, 2.24) is 5.32 Å². The summed E-state index contributed by atoms with van der Waals surface area (Å²) in [5, 5.41) is 23.5. The van der Waals surface area contributed by atoms with Crippen LogP contribution < -0.4 is 5.32 Å². The molecule has 1 amide bonds. The fourth-order valence-electron chi connectivity index (χ4n) is 2.33. The van der Waals surface area contributed by atoms with Crippen LogP contribution in [-0.2, 0) is 6.42 Å². The van der Waals surface area contributed by atoms with Gasteiger partial charge in [0.15, 0.2) is 0 Å². The molecule has 6 nitrogen and oxygen atoms in total. The first-order valence-electron chi connectivity index (χ1n) is 7.23. The van der Waals surface area contributed by atoms with Crippen LogP contribution >= 0.6 is 0 Å². The first-order chi connectivity index (χ1) is 11.0. The zero-order chi connectivity index (χ0) is 16.8. The van der Waals surface area contributed by atoms with Gasteiger partial charge in [-0.2, -0.15) is 0 Å². The molecule has 6 heteroatoms. The lowest BCUT2D eigenvalue weighted by atomic mass is 10.1. The molecule has 23 heavy (non-hydrogen) atoms. The van der Waals surface area contributed by atoms with Crippen LogP contribution in [0.1, 0.15) is 21.5 Å². The number of hydrogen-bond acceptors (Lipinski definition) is 4. The van der Waals surface area contributed by atoms with Crippen molar-refractivity contribution in [2.45, 2.75) is 19.4 Å². The summed E-state index contributed by atoms with van der Waals surface area (Å²) in [6, 6.07) is 13.8. The number of nitro groups is 1. The number of carbonyl (C=O) groups excluding carboxylic acids is 1. The monoisotopic (exact) mass is 314 g/mol. The Morgan fingerprint density at radius 2 is 1.91 bits per heavy atom. The third kappa shape index (κ3) is 4.37. The molecule has 0 fully saturated rings. The zero-order valence-corrected chi connectivity index (χ0v) is 12.7. The minimum atomic E-state index is -0.722. The van der Waals surface area contributed by atoms with Gasteiger partial charge in [-0.25, -0.2) is 0 Å². The topological polar surface area (TPSA) is 92.5 Å². The Hall–Kier alpha value is -2.73. The molecule has 0 aromatic heterocycles. The highest BCUT2D eigenvalue weighted by Crippen LogP contribution is 2.20. The fourth-order valence-corrected chi connectivity index (χ4v) is 2.33. The van der Waals surface area contributed by atoms with E-state index in [1.165, 1.54) is 25.1 Å². The third-order valence-electron chi connectivity index (χ3n) is 3.56. The molecule has 0 bridgehead atoms. The molecular weight excluding hydrogens is 296 g/mol. The first-order valence-corrected chi connectivity index (χ1v) is 7.23. The molecule has 0 spiro atoms. The number of hydrogen-bond donors (Lipinski definition) is 2. The lowest BCUT2D eigenvalue weighted by molar-refractivity contribution is -0.385. The van der Waals surface area contributed by atoms with Gasteiger partial charge in [-0.15, -0.1) is 0 Å². The molecule has 2 N–H and O–H groups in total. The van der Waals surface area contributed by atoms with Crippen molar-refractivity contribution >= 4 is 11.6 Å². The van der Waals surface area contributed by atoms with Gasteiger partial charge in [-0.05, 0) is 18.6 Å². The van der Waals surface area contributed by atoms with E-state index in [-0.39, 0.29) is 17.8 Å². The minimum Gasteiger partial charge on any atom is -0.391 e. The van der Waals surface area contributed by atoms with Gasteiger partial charge >= 0.3 is 0 Å². The number of nitro benzene ring substituents is 1. The summed E-state index contributed by atoms with van der Waals surface area (Å²) in [5.74, 6) is -0.432. The van der Waals surface area contributed by atoms with Gasteiger partial charge in [0.25, 0.3) is 11.6 Å². The van der Waals surface area contributed by atoms with Gasteiger partial charge in [0, 0.05) is 30.2 Å². The molecular formula is C17H18N2O4. The molecule has 120 valence electrons. The van der Waals surface area contributed by atoms with Crippen molar-refractivity contribution in [3.63, 3.8) is 0 Å². The van der Waals surface area contributed by atoms with E-state index in [2.05, 4.69) is 5.32 Å². The molecule has 0 saturated carbocycles. The number of aliphatic hydroxyl groups is 1. The summed E-state index contributed by atoms with van der Waals surface area (Å²) in [6.07, 6.45) is -0.296. The van der Waals surface area contributed by atoms with E-state index in [1.54, 1.807) is 0 Å². The van der Waals surface area contributed by atoms with Gasteiger partial charge in [-0.3, -0.25) is 14.9 Å². The lowest BCUT2D eigenvalue weighted by Gasteiger charge is -2.13. The van der Waals surface area contributed by atoms with Crippen LogP contribution in [0.15, 0.2) is 48.5 Å². The number of amides is 1. The second kappa shape index (κ2) is 7.51. The highest BCUT2D eigenvalue weighted by molar-refractivity contribution is 5.96. The summed E-state index contributed by atoms with van der Waals surface area (Å²) in [5.41, 5.74) is 1.43. The second-order valence-electron chi connectivity index (χ2n) is 5.26. The van der Waals surface area contributed by atoms with Gasteiger partial charge in [0.2, 0.25) is 0 Å². The van der Waals surface area contributed by atoms with Crippen LogP contribution in [0, 0.1) is 17.0 Å². The largest absolute Gasteiger partial charge is 0.391 e. The number of rotatable bonds is 6. The molecule has 0 aliphatic rings. The molecule has 2 aromatic rings. The predicted octanol–water partition coefficient (Wildman–Crippen LogP) is 2.24. The van der Waals surface area contributed by atoms with E-state index in [0.29, 0.717) is 12.0 Å². The first kappa shape index (κ1) is 16.6. The Kier molecular flexibility index (Phi) is 5.43. The van der Waals surface area contributed by atoms with Crippen molar-refractivity contribution in [2.24, 2.45) is 0 Å². The second-order valence-corrected chi connectivity index (χ2v) is 5.26. The average molecular weight is 314 g/mol. The van der Waals surface area contributed by atoms with Crippen molar-refractivity contribution in [1.29, 1.82) is 0 Å². The standard InChI is InChI=1S/C17H18N2O4/c1-12-15(8-5-9-16(12)19(22)23)17(21)18-11-14(20)10-13-6-3-2-4-7-13/h2-9,14,20H,10-11H2,1H3,(H,18,21). The zero-order valence-electron chi connectivity index (χ0n) is 12.7. The Balaban J connectivity index is 1.97. The van der Waals surface area contributed by atoms with Crippen LogP contribution in [-0.4, -0.2) is 28.6 Å². The Labute approximate surface area is 133 Å². The Morgan fingerprint density at radius 1 is 1.22 bits per heavy atom. The maximum atomic E-state index is 12.2. The van der Waals surface area contributed by atoms with E-state index < -0.39 is 16.9 Å². The Morgan fingerprint density at radius 3 is 2.57 bits per heavy atom. The van der Waals surface area contributed by atoms with Gasteiger partial charge in [0.05, 0.1) is 11.0 Å². The number of aliphatic hydroxyl groups excluding tert-OH is 1. The van der Waals surface area contributed by atoms with Crippen LogP contribution in [0.5, 0.6) is 0 Å². The summed E-state index contributed by atoms with van der Waals surface area (Å²) in [6.45, 7) is 1.61. The fraction of sp³-hybridized carbons (Fsp3) is 0.235. The number of carbonyl (C=O) groups is 1. The molecule has 0 saturated heterocycles. The molecule has 1 atom stereocenters. The van der Waals surface area contributed by atoms with Gasteiger partial charge in [0.1, 0.15) is 0 Å². The molecule has 0 radical (unpaired) electrons. The van der Waals surface area contributed by atoms with Crippen LogP contribution in [0.3, 0.4) is 0 Å². The predicted molar refractivity (Wildman–Crippen MR) is 86.3 cm³/mol. The van der Waals surface area contributed by atoms with E-state index in [0.717, 1.165) is 5.56 Å². The van der Waals surface area contributed by atoms with E-state index in [9.17, 15) is 20.0 Å². The lowest BCUT2D eigenvalue weighted by Crippen LogP contribution is -2.33. The number of nitrogens with one attached hydrogen (secondary N) is 1. The maximum absolute atomic E-state index is 12.2. The summed E-state index contributed by atoms with van der Waals surface area (Å²) >= 11 is 0. The van der Waals surface area contributed by atoms with E-state index >= 15 is 0 Å². The molecule has 0 aliphatic heterocycles. The van der Waals surface area contributed by atoms with Crippen LogP contribution in [0.4, 0.5) is 5.69 Å². The quantitative estimate of drug-likeness (QED) is 0.631. The summed E-state index contributed by atoms with van der Waals surface area (Å²) < 4.78 is 0. The molecule has 2 aromatic carbocycles. The van der Waals surface area contributed by atoms with Crippen molar-refractivity contribution in [2.75, 3.05) is 6.54 Å². The van der Waals surface area contributed by atoms with Gasteiger partial charge in [-0.1, -0.05) is 36.4 Å². The summed E-state index contributed by atoms with van der Waals surface area (Å²) in [7, 11) is 0. The molecule has 0 aliphatic carbocycles. The number of benzene rings is 2. The third-order valence-corrected chi connectivity index (χ3v) is 3.56. The van der Waals surface area contributed by atoms with E-state index in [4.69, 9.17) is 0 Å². The van der Waals surface area contributed by atoms with Crippen molar-refractivity contribution in [3.05, 3.63) is 75.3 Å². The van der Waals surface area contributed by atoms with Crippen molar-refractivity contribution in [3.8, 4) is 0 Å². The normalized spacial score (nSPS) is 11.7. The van der Waals surface area contributed by atoms with Gasteiger partial charge < -0.3 is 10.4 Å². The maximum Gasteiger partial charge on any atom is 0.273 e. The highest BCUT2D eigenvalue weighted by atomic mass is 16.6. The highest BCUT2D eigenvalue weighted by Gasteiger charge is 2.18. The molecule has 0 heterocycles. The average Bonchev–Trinajstić information content (AvgIpc) is 2.53. The Bertz CT molecular complexity index is 701. The van der Waals surface area contributed by atoms with E-state index in [1.807, 2.05) is 30.3 Å². The SMILES string of the molecule is Cc1c(C(=O)NCC(O)Cc2ccccc2)cccc1[N+](=O)[O-]. The smallest absolute Gasteiger partial charge is 0.273 e.